The Balaban J connectivity index is 1.33. The highest BCUT2D eigenvalue weighted by atomic mass is 19.1. The molecular formula is C26H32FN5O2. The molecule has 1 aromatic carbocycles. The molecule has 4 aliphatic rings. The number of nitrogens with zero attached hydrogens (tertiary/aromatic N) is 3. The van der Waals surface area contributed by atoms with Crippen LogP contribution in [0.5, 0.6) is 0 Å². The van der Waals surface area contributed by atoms with Crippen LogP contribution >= 0.6 is 0 Å². The van der Waals surface area contributed by atoms with Crippen LogP contribution in [0.3, 0.4) is 0 Å². The van der Waals surface area contributed by atoms with Crippen LogP contribution in [0.2, 0.25) is 0 Å². The molecule has 4 heterocycles. The lowest BCUT2D eigenvalue weighted by Crippen LogP contribution is -2.58. The summed E-state index contributed by atoms with van der Waals surface area (Å²) in [4.78, 5) is 22.0. The van der Waals surface area contributed by atoms with E-state index in [2.05, 4.69) is 22.1 Å². The first kappa shape index (κ1) is 22.9. The van der Waals surface area contributed by atoms with Crippen molar-refractivity contribution in [2.45, 2.75) is 51.9 Å². The second kappa shape index (κ2) is 8.40. The molecule has 4 aliphatic heterocycles. The van der Waals surface area contributed by atoms with E-state index >= 15 is 0 Å². The third kappa shape index (κ3) is 3.68. The maximum absolute atomic E-state index is 14.4. The Bertz CT molecular complexity index is 1120. The summed E-state index contributed by atoms with van der Waals surface area (Å²) in [6.07, 6.45) is 3.24. The Morgan fingerprint density at radius 3 is 2.65 bits per heavy atom. The summed E-state index contributed by atoms with van der Waals surface area (Å²) in [5.74, 6) is 5.74. The van der Waals surface area contributed by atoms with Crippen molar-refractivity contribution in [3.63, 3.8) is 0 Å². The minimum Gasteiger partial charge on any atom is -0.376 e. The zero-order chi connectivity index (χ0) is 24.2. The Morgan fingerprint density at radius 1 is 1.26 bits per heavy atom. The van der Waals surface area contributed by atoms with Crippen LogP contribution in [0.4, 0.5) is 4.39 Å². The number of hydrogen-bond donors (Lipinski definition) is 2. The van der Waals surface area contributed by atoms with Crippen molar-refractivity contribution in [3.8, 4) is 11.8 Å². The van der Waals surface area contributed by atoms with E-state index in [4.69, 9.17) is 15.5 Å². The molecule has 3 N–H and O–H groups in total. The largest absolute Gasteiger partial charge is 0.376 e. The second-order valence-corrected chi connectivity index (χ2v) is 10.1. The summed E-state index contributed by atoms with van der Waals surface area (Å²) in [5.41, 5.74) is 9.09. The summed E-state index contributed by atoms with van der Waals surface area (Å²) in [6.45, 7) is 7.99. The quantitative estimate of drug-likeness (QED) is 0.572. The maximum Gasteiger partial charge on any atom is 0.241 e. The highest BCUT2D eigenvalue weighted by Gasteiger charge is 2.49. The fraction of sp³-hybridized carbons (Fsp3) is 0.538. The Hall–Kier alpha value is -2.89. The molecule has 4 atom stereocenters. The van der Waals surface area contributed by atoms with E-state index < -0.39 is 12.1 Å². The van der Waals surface area contributed by atoms with Gasteiger partial charge in [-0.3, -0.25) is 9.69 Å². The minimum absolute atomic E-state index is 0.00949. The number of rotatable bonds is 0. The van der Waals surface area contributed by atoms with E-state index in [-0.39, 0.29) is 29.3 Å². The molecule has 2 saturated heterocycles. The van der Waals surface area contributed by atoms with Gasteiger partial charge < -0.3 is 20.7 Å². The fourth-order valence-electron chi connectivity index (χ4n) is 5.67. The van der Waals surface area contributed by atoms with Gasteiger partial charge in [0.2, 0.25) is 11.9 Å². The first-order chi connectivity index (χ1) is 16.2. The number of nitrogens with one attached hydrogen (secondary N) is 1. The van der Waals surface area contributed by atoms with Gasteiger partial charge in [-0.2, -0.15) is 0 Å². The topological polar surface area (TPSA) is 83.2 Å². The van der Waals surface area contributed by atoms with Gasteiger partial charge in [-0.05, 0) is 50.8 Å². The number of aliphatic imine (C=N–C) groups is 1. The molecule has 180 valence electrons. The summed E-state index contributed by atoms with van der Waals surface area (Å²) < 4.78 is 20.2. The highest BCUT2D eigenvalue weighted by molar-refractivity contribution is 6.02. The van der Waals surface area contributed by atoms with Crippen molar-refractivity contribution in [3.05, 3.63) is 46.4 Å². The Morgan fingerprint density at radius 2 is 2.00 bits per heavy atom. The van der Waals surface area contributed by atoms with Crippen molar-refractivity contribution in [1.82, 2.24) is 15.1 Å². The van der Waals surface area contributed by atoms with Crippen molar-refractivity contribution in [1.29, 1.82) is 0 Å². The normalized spacial score (nSPS) is 29.9. The van der Waals surface area contributed by atoms with Crippen LogP contribution in [0.1, 0.15) is 36.5 Å². The SMILES string of the molecule is Cc1cc(C)c(C#CC2=CNC3N=C(N4CCC5(CC4)CO[C@@H](C)[C@H]5N)N(C)C(=O)C23)c(F)c1. The number of piperidine rings is 1. The minimum atomic E-state index is -0.510. The van der Waals surface area contributed by atoms with E-state index in [9.17, 15) is 9.18 Å². The Labute approximate surface area is 200 Å². The van der Waals surface area contributed by atoms with Gasteiger partial charge in [-0.15, -0.1) is 0 Å². The summed E-state index contributed by atoms with van der Waals surface area (Å²) >= 11 is 0. The molecule has 2 unspecified atom stereocenters. The van der Waals surface area contributed by atoms with E-state index in [0.29, 0.717) is 23.7 Å². The average Bonchev–Trinajstić information content (AvgIpc) is 3.33. The number of nitrogens with two attached hydrogens (primary N) is 1. The number of ether oxygens (including phenoxy) is 1. The van der Waals surface area contributed by atoms with Gasteiger partial charge in [0.15, 0.2) is 0 Å². The molecule has 2 fully saturated rings. The predicted octanol–water partition coefficient (Wildman–Crippen LogP) is 1.88. The zero-order valence-corrected chi connectivity index (χ0v) is 20.2. The number of fused-ring (bicyclic) bond motifs is 1. The second-order valence-electron chi connectivity index (χ2n) is 10.1. The number of aryl methyl sites for hydroxylation is 2. The summed E-state index contributed by atoms with van der Waals surface area (Å²) in [7, 11) is 1.77. The molecular weight excluding hydrogens is 433 g/mol. The number of carbonyl (C=O) groups excluding carboxylic acids is 1. The molecule has 0 bridgehead atoms. The summed E-state index contributed by atoms with van der Waals surface area (Å²) in [5, 5.41) is 3.20. The van der Waals surface area contributed by atoms with Gasteiger partial charge >= 0.3 is 0 Å². The van der Waals surface area contributed by atoms with Gasteiger partial charge in [0, 0.05) is 43.4 Å². The van der Waals surface area contributed by atoms with E-state index in [1.54, 1.807) is 18.1 Å². The van der Waals surface area contributed by atoms with Gasteiger partial charge in [0.25, 0.3) is 0 Å². The number of likely N-dealkylation sites (tertiary alicyclic amines) is 1. The third-order valence-corrected chi connectivity index (χ3v) is 7.86. The molecule has 1 spiro atoms. The number of hydrogen-bond acceptors (Lipinski definition) is 6. The van der Waals surface area contributed by atoms with Crippen LogP contribution in [-0.4, -0.2) is 66.7 Å². The van der Waals surface area contributed by atoms with Gasteiger partial charge in [-0.1, -0.05) is 17.9 Å². The first-order valence-corrected chi connectivity index (χ1v) is 11.9. The monoisotopic (exact) mass is 465 g/mol. The standard InChI is InChI=1S/C26H32FN5O2/c1-15-11-16(2)19(20(27)12-15)6-5-18-13-29-23-21(18)24(33)31(4)25(30-23)32-9-7-26(8-10-32)14-34-17(3)22(26)28/h11-13,17,21-23,29H,7-10,14,28H2,1-4H3/t17-,21?,22+,23?/m0/s1. The predicted molar refractivity (Wildman–Crippen MR) is 128 cm³/mol. The molecule has 5 rings (SSSR count). The van der Waals surface area contributed by atoms with Crippen LogP contribution in [0.15, 0.2) is 28.9 Å². The van der Waals surface area contributed by atoms with Crippen molar-refractivity contribution in [2.24, 2.45) is 22.1 Å². The third-order valence-electron chi connectivity index (χ3n) is 7.86. The molecule has 0 radical (unpaired) electrons. The summed E-state index contributed by atoms with van der Waals surface area (Å²) in [6, 6.07) is 3.42. The van der Waals surface area contributed by atoms with E-state index in [1.807, 2.05) is 26.8 Å². The number of guanidine groups is 1. The molecule has 0 aromatic heterocycles. The molecule has 34 heavy (non-hydrogen) atoms. The van der Waals surface area contributed by atoms with Crippen LogP contribution < -0.4 is 11.1 Å². The molecule has 8 heteroatoms. The maximum atomic E-state index is 14.4. The van der Waals surface area contributed by atoms with Crippen molar-refractivity contribution < 1.29 is 13.9 Å². The molecule has 0 saturated carbocycles. The van der Waals surface area contributed by atoms with E-state index in [1.165, 1.54) is 6.07 Å². The van der Waals surface area contributed by atoms with Crippen molar-refractivity contribution in [2.75, 3.05) is 26.7 Å². The molecule has 7 nitrogen and oxygen atoms in total. The van der Waals surface area contributed by atoms with Crippen LogP contribution in [-0.2, 0) is 9.53 Å². The fourth-order valence-corrected chi connectivity index (χ4v) is 5.67. The van der Waals surface area contributed by atoms with Gasteiger partial charge in [-0.25, -0.2) is 9.38 Å². The average molecular weight is 466 g/mol. The number of halogens is 1. The van der Waals surface area contributed by atoms with Crippen molar-refractivity contribution >= 4 is 11.9 Å². The number of benzene rings is 1. The first-order valence-electron chi connectivity index (χ1n) is 11.9. The lowest BCUT2D eigenvalue weighted by molar-refractivity contribution is -0.131. The lowest BCUT2D eigenvalue weighted by atomic mass is 9.73. The van der Waals surface area contributed by atoms with Crippen LogP contribution in [0.25, 0.3) is 0 Å². The van der Waals surface area contributed by atoms with Crippen LogP contribution in [0, 0.1) is 42.8 Å². The number of amides is 1. The van der Waals surface area contributed by atoms with Gasteiger partial charge in [0.1, 0.15) is 17.9 Å². The van der Waals surface area contributed by atoms with E-state index in [0.717, 1.165) is 37.1 Å². The molecule has 1 amide bonds. The Kier molecular flexibility index (Phi) is 5.65. The number of carbonyl (C=O) groups is 1. The zero-order valence-electron chi connectivity index (χ0n) is 20.2. The smallest absolute Gasteiger partial charge is 0.241 e. The lowest BCUT2D eigenvalue weighted by Gasteiger charge is -2.44. The molecule has 1 aromatic rings. The van der Waals surface area contributed by atoms with Gasteiger partial charge in [0.05, 0.1) is 18.3 Å². The molecule has 0 aliphatic carbocycles. The highest BCUT2D eigenvalue weighted by Crippen LogP contribution is 2.41.